The molecule has 0 aliphatic heterocycles. The molecule has 3 rings (SSSR count). The number of aromatic nitrogens is 3. The monoisotopic (exact) mass is 385 g/mol. The molecule has 0 radical (unpaired) electrons. The average molecular weight is 386 g/mol. The van der Waals surface area contributed by atoms with Crippen molar-refractivity contribution in [3.8, 4) is 11.4 Å². The average Bonchev–Trinajstić information content (AvgIpc) is 3.16. The number of hydrogen-bond donors (Lipinski definition) is 1. The number of hydrogen-bond acceptors (Lipinski definition) is 5. The molecule has 7 nitrogen and oxygen atoms in total. The maximum absolute atomic E-state index is 12.5. The quantitative estimate of drug-likeness (QED) is 0.676. The third-order valence-corrected chi connectivity index (χ3v) is 4.16. The zero-order valence-electron chi connectivity index (χ0n) is 15.1. The van der Waals surface area contributed by atoms with Gasteiger partial charge in [0, 0.05) is 11.6 Å². The number of anilines is 1. The van der Waals surface area contributed by atoms with Crippen LogP contribution in [0.2, 0.25) is 5.02 Å². The highest BCUT2D eigenvalue weighted by Crippen LogP contribution is 2.24. The molecule has 0 fully saturated rings. The Balaban J connectivity index is 1.64. The van der Waals surface area contributed by atoms with E-state index in [9.17, 15) is 4.79 Å². The van der Waals surface area contributed by atoms with Gasteiger partial charge in [-0.1, -0.05) is 23.7 Å². The third kappa shape index (κ3) is 5.06. The first-order valence-electron chi connectivity index (χ1n) is 8.31. The number of nitrogens with one attached hydrogen (secondary N) is 1. The molecule has 0 spiro atoms. The summed E-state index contributed by atoms with van der Waals surface area (Å²) >= 11 is 6.08. The minimum Gasteiger partial charge on any atom is -0.497 e. The fourth-order valence-corrected chi connectivity index (χ4v) is 2.85. The van der Waals surface area contributed by atoms with Gasteiger partial charge in [0.15, 0.2) is 0 Å². The number of carbonyl (C=O) groups excluding carboxylic acids is 1. The van der Waals surface area contributed by atoms with Crippen molar-refractivity contribution in [2.24, 2.45) is 0 Å². The van der Waals surface area contributed by atoms with Gasteiger partial charge in [0.2, 0.25) is 5.91 Å². The summed E-state index contributed by atoms with van der Waals surface area (Å²) in [5.74, 6) is 0.662. The molecule has 1 aromatic heterocycles. The standard InChI is InChI=1S/C19H20ClN5O2/c1-24(10-14-3-6-16(27-2)7-4-14)11-19(26)23-17-9-15(20)5-8-18(17)25-13-21-12-22-25/h3-9,12-13H,10-11H2,1-2H3,(H,23,26). The summed E-state index contributed by atoms with van der Waals surface area (Å²) in [6.07, 6.45) is 3.00. The van der Waals surface area contributed by atoms with Gasteiger partial charge in [-0.25, -0.2) is 9.67 Å². The Kier molecular flexibility index (Phi) is 6.05. The van der Waals surface area contributed by atoms with Gasteiger partial charge < -0.3 is 10.1 Å². The van der Waals surface area contributed by atoms with E-state index >= 15 is 0 Å². The predicted molar refractivity (Wildman–Crippen MR) is 104 cm³/mol. The lowest BCUT2D eigenvalue weighted by molar-refractivity contribution is -0.117. The molecule has 0 unspecified atom stereocenters. The fourth-order valence-electron chi connectivity index (χ4n) is 2.67. The van der Waals surface area contributed by atoms with Crippen molar-refractivity contribution in [1.29, 1.82) is 0 Å². The Labute approximate surface area is 162 Å². The molecule has 3 aromatic rings. The summed E-state index contributed by atoms with van der Waals surface area (Å²) in [6.45, 7) is 0.873. The second-order valence-electron chi connectivity index (χ2n) is 6.07. The number of likely N-dealkylation sites (N-methyl/N-ethyl adjacent to an activating group) is 1. The first-order chi connectivity index (χ1) is 13.0. The highest BCUT2D eigenvalue weighted by Gasteiger charge is 2.12. The first kappa shape index (κ1) is 18.9. The molecule has 27 heavy (non-hydrogen) atoms. The summed E-state index contributed by atoms with van der Waals surface area (Å²) in [7, 11) is 3.52. The van der Waals surface area contributed by atoms with E-state index in [4.69, 9.17) is 16.3 Å². The van der Waals surface area contributed by atoms with Crippen LogP contribution in [-0.2, 0) is 11.3 Å². The Hall–Kier alpha value is -2.90. The van der Waals surface area contributed by atoms with E-state index in [1.165, 1.54) is 6.33 Å². The van der Waals surface area contributed by atoms with Crippen LogP contribution < -0.4 is 10.1 Å². The van der Waals surface area contributed by atoms with E-state index in [1.807, 2.05) is 36.2 Å². The highest BCUT2D eigenvalue weighted by molar-refractivity contribution is 6.31. The van der Waals surface area contributed by atoms with Gasteiger partial charge in [-0.2, -0.15) is 5.10 Å². The zero-order valence-corrected chi connectivity index (χ0v) is 15.8. The van der Waals surface area contributed by atoms with Crippen LogP contribution >= 0.6 is 11.6 Å². The van der Waals surface area contributed by atoms with Crippen molar-refractivity contribution in [3.63, 3.8) is 0 Å². The molecule has 0 saturated heterocycles. The second-order valence-corrected chi connectivity index (χ2v) is 6.51. The predicted octanol–water partition coefficient (Wildman–Crippen LogP) is 3.00. The molecule has 1 amide bonds. The van der Waals surface area contributed by atoms with E-state index in [-0.39, 0.29) is 12.5 Å². The summed E-state index contributed by atoms with van der Waals surface area (Å²) < 4.78 is 6.73. The smallest absolute Gasteiger partial charge is 0.238 e. The molecule has 1 N–H and O–H groups in total. The molecule has 1 heterocycles. The fraction of sp³-hybridized carbons (Fsp3) is 0.211. The number of amides is 1. The molecule has 2 aromatic carbocycles. The normalized spacial score (nSPS) is 10.8. The minimum atomic E-state index is -0.144. The van der Waals surface area contributed by atoms with E-state index in [1.54, 1.807) is 36.3 Å². The van der Waals surface area contributed by atoms with Crippen LogP contribution in [0.15, 0.2) is 55.1 Å². The van der Waals surface area contributed by atoms with Gasteiger partial charge in [-0.05, 0) is 42.9 Å². The van der Waals surface area contributed by atoms with Crippen molar-refractivity contribution in [1.82, 2.24) is 19.7 Å². The number of nitrogens with zero attached hydrogens (tertiary/aromatic N) is 4. The molecule has 8 heteroatoms. The second kappa shape index (κ2) is 8.66. The number of carbonyl (C=O) groups is 1. The maximum Gasteiger partial charge on any atom is 0.238 e. The van der Waals surface area contributed by atoms with Gasteiger partial charge >= 0.3 is 0 Å². The molecule has 0 bridgehead atoms. The maximum atomic E-state index is 12.5. The number of benzene rings is 2. The van der Waals surface area contributed by atoms with Crippen LogP contribution in [0.3, 0.4) is 0 Å². The van der Waals surface area contributed by atoms with Crippen molar-refractivity contribution in [3.05, 3.63) is 65.7 Å². The SMILES string of the molecule is COc1ccc(CN(C)CC(=O)Nc2cc(Cl)ccc2-n2cncn2)cc1. The largest absolute Gasteiger partial charge is 0.497 e. The first-order valence-corrected chi connectivity index (χ1v) is 8.69. The Bertz CT molecular complexity index is 897. The van der Waals surface area contributed by atoms with Crippen molar-refractivity contribution < 1.29 is 9.53 Å². The van der Waals surface area contributed by atoms with Crippen LogP contribution in [0.4, 0.5) is 5.69 Å². The van der Waals surface area contributed by atoms with Crippen LogP contribution in [0, 0.1) is 0 Å². The van der Waals surface area contributed by atoms with Gasteiger partial charge in [0.1, 0.15) is 18.4 Å². The van der Waals surface area contributed by atoms with E-state index < -0.39 is 0 Å². The van der Waals surface area contributed by atoms with Crippen molar-refractivity contribution in [2.75, 3.05) is 26.0 Å². The topological polar surface area (TPSA) is 72.3 Å². The summed E-state index contributed by atoms with van der Waals surface area (Å²) in [4.78, 5) is 18.4. The van der Waals surface area contributed by atoms with Gasteiger partial charge in [0.05, 0.1) is 25.0 Å². The number of halogens is 1. The van der Waals surface area contributed by atoms with Crippen LogP contribution in [0.5, 0.6) is 5.75 Å². The van der Waals surface area contributed by atoms with E-state index in [0.717, 1.165) is 11.3 Å². The lowest BCUT2D eigenvalue weighted by Gasteiger charge is -2.17. The molecule has 140 valence electrons. The summed E-state index contributed by atoms with van der Waals surface area (Å²) in [5, 5.41) is 7.53. The lowest BCUT2D eigenvalue weighted by Crippen LogP contribution is -2.30. The Morgan fingerprint density at radius 3 is 2.70 bits per heavy atom. The van der Waals surface area contributed by atoms with Crippen LogP contribution in [0.1, 0.15) is 5.56 Å². The van der Waals surface area contributed by atoms with E-state index in [0.29, 0.717) is 22.9 Å². The molecular weight excluding hydrogens is 366 g/mol. The van der Waals surface area contributed by atoms with Crippen LogP contribution in [0.25, 0.3) is 5.69 Å². The van der Waals surface area contributed by atoms with Crippen molar-refractivity contribution in [2.45, 2.75) is 6.54 Å². The Morgan fingerprint density at radius 2 is 2.04 bits per heavy atom. The van der Waals surface area contributed by atoms with Crippen molar-refractivity contribution >= 4 is 23.2 Å². The number of ether oxygens (including phenoxy) is 1. The molecule has 0 aliphatic carbocycles. The van der Waals surface area contributed by atoms with Gasteiger partial charge in [-0.3, -0.25) is 9.69 Å². The highest BCUT2D eigenvalue weighted by atomic mass is 35.5. The van der Waals surface area contributed by atoms with Crippen LogP contribution in [-0.4, -0.2) is 46.3 Å². The molecular formula is C19H20ClN5O2. The number of rotatable bonds is 7. The molecule has 0 aliphatic rings. The number of methoxy groups -OCH3 is 1. The summed E-state index contributed by atoms with van der Waals surface area (Å²) in [5.41, 5.74) is 2.37. The third-order valence-electron chi connectivity index (χ3n) is 3.92. The molecule has 0 saturated carbocycles. The zero-order chi connectivity index (χ0) is 19.2. The lowest BCUT2D eigenvalue weighted by atomic mass is 10.2. The van der Waals surface area contributed by atoms with Gasteiger partial charge in [0.25, 0.3) is 0 Å². The Morgan fingerprint density at radius 1 is 1.26 bits per heavy atom. The molecule has 0 atom stereocenters. The summed E-state index contributed by atoms with van der Waals surface area (Å²) in [6, 6.07) is 13.0. The minimum absolute atomic E-state index is 0.144. The van der Waals surface area contributed by atoms with E-state index in [2.05, 4.69) is 15.4 Å². The van der Waals surface area contributed by atoms with Gasteiger partial charge in [-0.15, -0.1) is 0 Å².